The first-order valence-electron chi connectivity index (χ1n) is 5.97. The van der Waals surface area contributed by atoms with Gasteiger partial charge in [0.2, 0.25) is 0 Å². The SMILES string of the molecule is CCNC(c1cc(Cl)sc1Cl)c1cccc(C)c1Cl. The molecule has 0 aliphatic carbocycles. The van der Waals surface area contributed by atoms with Gasteiger partial charge in [-0.05, 0) is 30.7 Å². The molecule has 0 bridgehead atoms. The topological polar surface area (TPSA) is 12.0 Å². The second kappa shape index (κ2) is 6.47. The average Bonchev–Trinajstić information content (AvgIpc) is 2.69. The highest BCUT2D eigenvalue weighted by Gasteiger charge is 2.21. The predicted octanol–water partition coefficient (Wildman–Crippen LogP) is 5.72. The largest absolute Gasteiger partial charge is 0.306 e. The van der Waals surface area contributed by atoms with E-state index in [-0.39, 0.29) is 6.04 Å². The number of thiophene rings is 1. The van der Waals surface area contributed by atoms with Crippen LogP contribution in [0.15, 0.2) is 24.3 Å². The fourth-order valence-corrected chi connectivity index (χ4v) is 3.80. The summed E-state index contributed by atoms with van der Waals surface area (Å²) in [5, 5.41) is 4.19. The first kappa shape index (κ1) is 15.1. The highest BCUT2D eigenvalue weighted by Crippen LogP contribution is 2.39. The molecule has 0 fully saturated rings. The summed E-state index contributed by atoms with van der Waals surface area (Å²) in [5.41, 5.74) is 3.06. The minimum Gasteiger partial charge on any atom is -0.306 e. The van der Waals surface area contributed by atoms with Crippen LogP contribution in [0.25, 0.3) is 0 Å². The van der Waals surface area contributed by atoms with Gasteiger partial charge >= 0.3 is 0 Å². The fraction of sp³-hybridized carbons (Fsp3) is 0.286. The summed E-state index contributed by atoms with van der Waals surface area (Å²) in [6.07, 6.45) is 0. The Morgan fingerprint density at radius 1 is 1.21 bits per heavy atom. The van der Waals surface area contributed by atoms with Gasteiger partial charge in [0.25, 0.3) is 0 Å². The van der Waals surface area contributed by atoms with Gasteiger partial charge in [0.05, 0.1) is 14.7 Å². The molecule has 1 N–H and O–H groups in total. The molecule has 0 radical (unpaired) electrons. The summed E-state index contributed by atoms with van der Waals surface area (Å²) in [7, 11) is 0. The Hall–Kier alpha value is -0.250. The van der Waals surface area contributed by atoms with Gasteiger partial charge in [-0.3, -0.25) is 0 Å². The van der Waals surface area contributed by atoms with Crippen LogP contribution in [0.1, 0.15) is 29.7 Å². The van der Waals surface area contributed by atoms with Crippen molar-refractivity contribution in [2.24, 2.45) is 0 Å². The smallest absolute Gasteiger partial charge is 0.0995 e. The third-order valence-corrected chi connectivity index (χ3v) is 4.97. The van der Waals surface area contributed by atoms with Crippen LogP contribution in [-0.2, 0) is 0 Å². The molecule has 1 heterocycles. The third kappa shape index (κ3) is 3.26. The summed E-state index contributed by atoms with van der Waals surface area (Å²) < 4.78 is 1.39. The van der Waals surface area contributed by atoms with Crippen molar-refractivity contribution in [1.29, 1.82) is 0 Å². The number of aryl methyl sites for hydroxylation is 1. The Kier molecular flexibility index (Phi) is 5.15. The van der Waals surface area contributed by atoms with E-state index in [1.165, 1.54) is 11.3 Å². The lowest BCUT2D eigenvalue weighted by Gasteiger charge is -2.20. The first-order valence-corrected chi connectivity index (χ1v) is 7.92. The van der Waals surface area contributed by atoms with Gasteiger partial charge < -0.3 is 5.32 Å². The molecule has 0 amide bonds. The summed E-state index contributed by atoms with van der Waals surface area (Å²) in [4.78, 5) is 0. The maximum atomic E-state index is 6.42. The summed E-state index contributed by atoms with van der Waals surface area (Å²) in [6, 6.07) is 7.89. The predicted molar refractivity (Wildman–Crippen MR) is 86.0 cm³/mol. The van der Waals surface area contributed by atoms with E-state index in [1.807, 2.05) is 31.2 Å². The molecular formula is C14H14Cl3NS. The molecular weight excluding hydrogens is 321 g/mol. The first-order chi connectivity index (χ1) is 9.04. The molecule has 0 saturated heterocycles. The van der Waals surface area contributed by atoms with Crippen molar-refractivity contribution in [3.8, 4) is 0 Å². The van der Waals surface area contributed by atoms with Crippen molar-refractivity contribution in [3.05, 3.63) is 54.7 Å². The highest BCUT2D eigenvalue weighted by atomic mass is 35.5. The van der Waals surface area contributed by atoms with Crippen LogP contribution < -0.4 is 5.32 Å². The molecule has 1 nitrogen and oxygen atoms in total. The maximum Gasteiger partial charge on any atom is 0.0995 e. The molecule has 5 heteroatoms. The normalized spacial score (nSPS) is 12.7. The summed E-state index contributed by atoms with van der Waals surface area (Å²) in [6.45, 7) is 4.87. The molecule has 0 aliphatic heterocycles. The van der Waals surface area contributed by atoms with Crippen LogP contribution >= 0.6 is 46.1 Å². The Labute approximate surface area is 132 Å². The van der Waals surface area contributed by atoms with Crippen LogP contribution in [0.4, 0.5) is 0 Å². The lowest BCUT2D eigenvalue weighted by molar-refractivity contribution is 0.632. The van der Waals surface area contributed by atoms with Crippen molar-refractivity contribution in [3.63, 3.8) is 0 Å². The number of halogens is 3. The molecule has 1 aromatic heterocycles. The van der Waals surface area contributed by atoms with Crippen molar-refractivity contribution >= 4 is 46.1 Å². The fourth-order valence-electron chi connectivity index (χ4n) is 2.03. The second-order valence-electron chi connectivity index (χ2n) is 4.25. The number of nitrogens with one attached hydrogen (secondary N) is 1. The zero-order valence-electron chi connectivity index (χ0n) is 10.6. The Morgan fingerprint density at radius 3 is 2.53 bits per heavy atom. The number of benzene rings is 1. The van der Waals surface area contributed by atoms with Gasteiger partial charge in [-0.25, -0.2) is 0 Å². The van der Waals surface area contributed by atoms with Crippen LogP contribution in [0.2, 0.25) is 13.7 Å². The van der Waals surface area contributed by atoms with Crippen molar-refractivity contribution in [2.75, 3.05) is 6.54 Å². The Balaban J connectivity index is 2.51. The lowest BCUT2D eigenvalue weighted by atomic mass is 9.99. The van der Waals surface area contributed by atoms with Gasteiger partial charge in [-0.15, -0.1) is 11.3 Å². The molecule has 2 rings (SSSR count). The summed E-state index contributed by atoms with van der Waals surface area (Å²) in [5.74, 6) is 0. The molecule has 102 valence electrons. The molecule has 1 atom stereocenters. The van der Waals surface area contributed by atoms with Crippen molar-refractivity contribution < 1.29 is 0 Å². The molecule has 1 unspecified atom stereocenters. The number of rotatable bonds is 4. The van der Waals surface area contributed by atoms with Crippen LogP contribution in [0, 0.1) is 6.92 Å². The van der Waals surface area contributed by atoms with E-state index in [2.05, 4.69) is 12.2 Å². The molecule has 19 heavy (non-hydrogen) atoms. The zero-order chi connectivity index (χ0) is 14.0. The number of hydrogen-bond acceptors (Lipinski definition) is 2. The van der Waals surface area contributed by atoms with E-state index in [0.29, 0.717) is 8.67 Å². The van der Waals surface area contributed by atoms with E-state index >= 15 is 0 Å². The van der Waals surface area contributed by atoms with E-state index in [4.69, 9.17) is 34.8 Å². The summed E-state index contributed by atoms with van der Waals surface area (Å²) >= 11 is 20.1. The van der Waals surface area contributed by atoms with Gasteiger partial charge in [0, 0.05) is 10.6 Å². The lowest BCUT2D eigenvalue weighted by Crippen LogP contribution is -2.22. The molecule has 0 spiro atoms. The van der Waals surface area contributed by atoms with E-state index in [1.54, 1.807) is 0 Å². The Bertz CT molecular complexity index is 580. The zero-order valence-corrected chi connectivity index (χ0v) is 13.7. The van der Waals surface area contributed by atoms with Gasteiger partial charge in [-0.1, -0.05) is 59.9 Å². The minimum atomic E-state index is -0.0337. The third-order valence-electron chi connectivity index (χ3n) is 2.93. The van der Waals surface area contributed by atoms with Gasteiger partial charge in [-0.2, -0.15) is 0 Å². The van der Waals surface area contributed by atoms with Gasteiger partial charge in [0.1, 0.15) is 0 Å². The van der Waals surface area contributed by atoms with Crippen LogP contribution in [0.3, 0.4) is 0 Å². The average molecular weight is 335 g/mol. The van der Waals surface area contributed by atoms with E-state index < -0.39 is 0 Å². The Morgan fingerprint density at radius 2 is 1.95 bits per heavy atom. The molecule has 0 aliphatic rings. The van der Waals surface area contributed by atoms with E-state index in [0.717, 1.165) is 28.3 Å². The van der Waals surface area contributed by atoms with Crippen LogP contribution in [-0.4, -0.2) is 6.54 Å². The molecule has 2 aromatic rings. The van der Waals surface area contributed by atoms with E-state index in [9.17, 15) is 0 Å². The maximum absolute atomic E-state index is 6.42. The van der Waals surface area contributed by atoms with Crippen LogP contribution in [0.5, 0.6) is 0 Å². The van der Waals surface area contributed by atoms with Crippen molar-refractivity contribution in [1.82, 2.24) is 5.32 Å². The highest BCUT2D eigenvalue weighted by molar-refractivity contribution is 7.20. The van der Waals surface area contributed by atoms with Crippen molar-refractivity contribution in [2.45, 2.75) is 19.9 Å². The monoisotopic (exact) mass is 333 g/mol. The quantitative estimate of drug-likeness (QED) is 0.754. The molecule has 0 saturated carbocycles. The number of hydrogen-bond donors (Lipinski definition) is 1. The minimum absolute atomic E-state index is 0.0337. The standard InChI is InChI=1S/C14H14Cl3NS/c1-3-18-13(10-7-11(15)19-14(10)17)9-6-4-5-8(2)12(9)16/h4-7,13,18H,3H2,1-2H3. The second-order valence-corrected chi connectivity index (χ2v) is 6.91. The van der Waals surface area contributed by atoms with Gasteiger partial charge in [0.15, 0.2) is 0 Å². The molecule has 1 aromatic carbocycles.